The Hall–Kier alpha value is -1.30. The lowest BCUT2D eigenvalue weighted by Crippen LogP contribution is -2.37. The summed E-state index contributed by atoms with van der Waals surface area (Å²) in [6.07, 6.45) is 0.386. The van der Waals surface area contributed by atoms with Crippen LogP contribution in [0.25, 0.3) is 0 Å². The van der Waals surface area contributed by atoms with Crippen molar-refractivity contribution in [2.24, 2.45) is 0 Å². The van der Waals surface area contributed by atoms with Gasteiger partial charge in [-0.3, -0.25) is 4.90 Å². The molecule has 0 spiro atoms. The van der Waals surface area contributed by atoms with Crippen molar-refractivity contribution >= 4 is 5.69 Å². The summed E-state index contributed by atoms with van der Waals surface area (Å²) in [7, 11) is 0. The number of ether oxygens (including phenoxy) is 1. The van der Waals surface area contributed by atoms with E-state index >= 15 is 0 Å². The number of benzene rings is 1. The Balaban J connectivity index is 2.38. The normalized spacial score (nSPS) is 12.6. The van der Waals surface area contributed by atoms with Gasteiger partial charge in [0.2, 0.25) is 0 Å². The van der Waals surface area contributed by atoms with Crippen molar-refractivity contribution in [3.8, 4) is 5.75 Å². The lowest BCUT2D eigenvalue weighted by Gasteiger charge is -2.23. The minimum atomic E-state index is -0.599. The third kappa shape index (κ3) is 5.92. The molecule has 5 heteroatoms. The summed E-state index contributed by atoms with van der Waals surface area (Å²) < 4.78 is 5.49. The number of nitrogens with two attached hydrogens (primary N) is 1. The molecule has 1 aromatic carbocycles. The molecule has 0 heterocycles. The first kappa shape index (κ1) is 15.8. The minimum absolute atomic E-state index is 0.0964. The van der Waals surface area contributed by atoms with Gasteiger partial charge in [0.05, 0.1) is 12.3 Å². The Bertz CT molecular complexity index is 354. The number of anilines is 1. The lowest BCUT2D eigenvalue weighted by molar-refractivity contribution is 0.0621. The van der Waals surface area contributed by atoms with Crippen LogP contribution >= 0.6 is 0 Å². The molecule has 0 aliphatic heterocycles. The van der Waals surface area contributed by atoms with Crippen LogP contribution in [0.4, 0.5) is 5.69 Å². The van der Waals surface area contributed by atoms with Crippen molar-refractivity contribution in [2.75, 3.05) is 38.6 Å². The number of nitrogen functional groups attached to an aromatic ring is 1. The zero-order valence-electron chi connectivity index (χ0n) is 11.5. The van der Waals surface area contributed by atoms with Gasteiger partial charge >= 0.3 is 0 Å². The SMILES string of the molecule is CCCN(CCO)CC(O)COc1ccccc1N. The zero-order chi connectivity index (χ0) is 14.1. The van der Waals surface area contributed by atoms with Gasteiger partial charge < -0.3 is 20.7 Å². The van der Waals surface area contributed by atoms with E-state index < -0.39 is 6.10 Å². The maximum atomic E-state index is 9.94. The first-order valence-electron chi connectivity index (χ1n) is 6.66. The molecule has 19 heavy (non-hydrogen) atoms. The molecular formula is C14H24N2O3. The second-order valence-electron chi connectivity index (χ2n) is 4.53. The highest BCUT2D eigenvalue weighted by atomic mass is 16.5. The predicted molar refractivity (Wildman–Crippen MR) is 76.2 cm³/mol. The van der Waals surface area contributed by atoms with Gasteiger partial charge in [-0.1, -0.05) is 19.1 Å². The van der Waals surface area contributed by atoms with Crippen LogP contribution in [0, 0.1) is 0 Å². The number of aliphatic hydroxyl groups excluding tert-OH is 2. The van der Waals surface area contributed by atoms with Gasteiger partial charge in [-0.05, 0) is 25.1 Å². The van der Waals surface area contributed by atoms with Gasteiger partial charge in [0, 0.05) is 13.1 Å². The Labute approximate surface area is 114 Å². The van der Waals surface area contributed by atoms with E-state index in [4.69, 9.17) is 15.6 Å². The molecule has 0 saturated carbocycles. The van der Waals surface area contributed by atoms with Crippen LogP contribution in [0.1, 0.15) is 13.3 Å². The van der Waals surface area contributed by atoms with Crippen LogP contribution in [-0.4, -0.2) is 54.1 Å². The highest BCUT2D eigenvalue weighted by Gasteiger charge is 2.12. The summed E-state index contributed by atoms with van der Waals surface area (Å²) in [6.45, 7) is 4.27. The molecule has 0 saturated heterocycles. The van der Waals surface area contributed by atoms with E-state index in [1.165, 1.54) is 0 Å². The van der Waals surface area contributed by atoms with Gasteiger partial charge in [-0.2, -0.15) is 0 Å². The molecule has 1 rings (SSSR count). The fraction of sp³-hybridized carbons (Fsp3) is 0.571. The molecule has 1 atom stereocenters. The number of aliphatic hydroxyl groups is 2. The molecule has 5 nitrogen and oxygen atoms in total. The fourth-order valence-corrected chi connectivity index (χ4v) is 1.90. The summed E-state index contributed by atoms with van der Waals surface area (Å²) in [5.74, 6) is 0.589. The summed E-state index contributed by atoms with van der Waals surface area (Å²) in [4.78, 5) is 2.02. The molecular weight excluding hydrogens is 244 g/mol. The van der Waals surface area contributed by atoms with Crippen LogP contribution in [0.15, 0.2) is 24.3 Å². The standard InChI is InChI=1S/C14H24N2O3/c1-2-7-16(8-9-17)10-12(18)11-19-14-6-4-3-5-13(14)15/h3-6,12,17-18H,2,7-11,15H2,1H3. The minimum Gasteiger partial charge on any atom is -0.489 e. The van der Waals surface area contributed by atoms with Gasteiger partial charge in [0.1, 0.15) is 18.5 Å². The summed E-state index contributed by atoms with van der Waals surface area (Å²) in [5.41, 5.74) is 6.32. The molecule has 0 aliphatic rings. The highest BCUT2D eigenvalue weighted by molar-refractivity contribution is 5.51. The van der Waals surface area contributed by atoms with Gasteiger partial charge in [-0.25, -0.2) is 0 Å². The lowest BCUT2D eigenvalue weighted by atomic mass is 10.3. The van der Waals surface area contributed by atoms with Crippen LogP contribution in [0.3, 0.4) is 0 Å². The van der Waals surface area contributed by atoms with E-state index in [9.17, 15) is 5.11 Å². The maximum Gasteiger partial charge on any atom is 0.142 e. The number of hydrogen-bond acceptors (Lipinski definition) is 5. The second-order valence-corrected chi connectivity index (χ2v) is 4.53. The van der Waals surface area contributed by atoms with Crippen LogP contribution in [-0.2, 0) is 0 Å². The smallest absolute Gasteiger partial charge is 0.142 e. The molecule has 0 aliphatic carbocycles. The number of hydrogen-bond donors (Lipinski definition) is 3. The molecule has 0 amide bonds. The average Bonchev–Trinajstić information content (AvgIpc) is 2.38. The van der Waals surface area contributed by atoms with E-state index in [0.717, 1.165) is 13.0 Å². The van der Waals surface area contributed by atoms with Gasteiger partial charge in [0.25, 0.3) is 0 Å². The largest absolute Gasteiger partial charge is 0.489 e. The molecule has 108 valence electrons. The molecule has 1 unspecified atom stereocenters. The molecule has 0 aromatic heterocycles. The van der Waals surface area contributed by atoms with E-state index in [2.05, 4.69) is 6.92 Å². The third-order valence-corrected chi connectivity index (χ3v) is 2.78. The quantitative estimate of drug-likeness (QED) is 0.575. The summed E-state index contributed by atoms with van der Waals surface area (Å²) in [5, 5.41) is 18.9. The number of nitrogens with zero attached hydrogens (tertiary/aromatic N) is 1. The molecule has 0 radical (unpaired) electrons. The van der Waals surface area contributed by atoms with Crippen molar-refractivity contribution in [3.63, 3.8) is 0 Å². The zero-order valence-corrected chi connectivity index (χ0v) is 11.5. The summed E-state index contributed by atoms with van der Waals surface area (Å²) >= 11 is 0. The van der Waals surface area contributed by atoms with E-state index in [-0.39, 0.29) is 13.2 Å². The first-order chi connectivity index (χ1) is 9.17. The van der Waals surface area contributed by atoms with E-state index in [1.54, 1.807) is 12.1 Å². The fourth-order valence-electron chi connectivity index (χ4n) is 1.90. The predicted octanol–water partition coefficient (Wildman–Crippen LogP) is 0.713. The van der Waals surface area contributed by atoms with Crippen LogP contribution in [0.2, 0.25) is 0 Å². The van der Waals surface area contributed by atoms with Crippen LogP contribution in [0.5, 0.6) is 5.75 Å². The van der Waals surface area contributed by atoms with Gasteiger partial charge in [0.15, 0.2) is 0 Å². The van der Waals surface area contributed by atoms with Crippen molar-refractivity contribution < 1.29 is 14.9 Å². The maximum absolute atomic E-state index is 9.94. The monoisotopic (exact) mass is 268 g/mol. The number of para-hydroxylation sites is 2. The Morgan fingerprint density at radius 3 is 2.68 bits per heavy atom. The highest BCUT2D eigenvalue weighted by Crippen LogP contribution is 2.19. The Kier molecular flexibility index (Phi) is 7.25. The van der Waals surface area contributed by atoms with Crippen molar-refractivity contribution in [1.82, 2.24) is 4.90 Å². The third-order valence-electron chi connectivity index (χ3n) is 2.78. The second kappa shape index (κ2) is 8.74. The van der Waals surface area contributed by atoms with E-state index in [1.807, 2.05) is 17.0 Å². The Morgan fingerprint density at radius 1 is 1.32 bits per heavy atom. The van der Waals surface area contributed by atoms with Gasteiger partial charge in [-0.15, -0.1) is 0 Å². The number of rotatable bonds is 9. The Morgan fingerprint density at radius 2 is 2.05 bits per heavy atom. The van der Waals surface area contributed by atoms with Crippen molar-refractivity contribution in [1.29, 1.82) is 0 Å². The van der Waals surface area contributed by atoms with E-state index in [0.29, 0.717) is 24.5 Å². The van der Waals surface area contributed by atoms with Crippen molar-refractivity contribution in [2.45, 2.75) is 19.4 Å². The average molecular weight is 268 g/mol. The molecule has 0 fully saturated rings. The first-order valence-corrected chi connectivity index (χ1v) is 6.66. The van der Waals surface area contributed by atoms with Crippen molar-refractivity contribution in [3.05, 3.63) is 24.3 Å². The van der Waals surface area contributed by atoms with Crippen LogP contribution < -0.4 is 10.5 Å². The molecule has 1 aromatic rings. The molecule has 4 N–H and O–H groups in total. The summed E-state index contributed by atoms with van der Waals surface area (Å²) in [6, 6.07) is 7.21. The topological polar surface area (TPSA) is 79.0 Å². The molecule has 0 bridgehead atoms.